The maximum absolute atomic E-state index is 12.6. The van der Waals surface area contributed by atoms with E-state index in [2.05, 4.69) is 32.9 Å². The van der Waals surface area contributed by atoms with Crippen molar-refractivity contribution in [1.82, 2.24) is 0 Å². The highest BCUT2D eigenvalue weighted by Crippen LogP contribution is 2.14. The van der Waals surface area contributed by atoms with Crippen LogP contribution < -0.4 is 0 Å². The fourth-order valence-corrected chi connectivity index (χ4v) is 5.83. The van der Waals surface area contributed by atoms with Crippen LogP contribution in [0.1, 0.15) is 220 Å². The largest absolute Gasteiger partial charge is 0.462 e. The van der Waals surface area contributed by atoms with Crippen LogP contribution in [-0.4, -0.2) is 37.2 Å². The third kappa shape index (κ3) is 35.5. The van der Waals surface area contributed by atoms with E-state index in [0.29, 0.717) is 19.3 Å². The summed E-state index contributed by atoms with van der Waals surface area (Å²) >= 11 is 0. The van der Waals surface area contributed by atoms with E-state index in [9.17, 15) is 14.4 Å². The molecule has 0 saturated carbocycles. The number of carbonyl (C=O) groups is 3. The minimum atomic E-state index is -0.762. The van der Waals surface area contributed by atoms with Crippen molar-refractivity contribution in [2.24, 2.45) is 0 Å². The number of hydrogen-bond donors (Lipinski definition) is 0. The molecule has 0 aromatic heterocycles. The van der Waals surface area contributed by atoms with Gasteiger partial charge < -0.3 is 14.2 Å². The minimum Gasteiger partial charge on any atom is -0.462 e. The first-order valence-electron chi connectivity index (χ1n) is 20.7. The Morgan fingerprint density at radius 1 is 0.396 bits per heavy atom. The monoisotopic (exact) mass is 679 g/mol. The van der Waals surface area contributed by atoms with Crippen molar-refractivity contribution in [3.8, 4) is 0 Å². The Morgan fingerprint density at radius 3 is 1.10 bits per heavy atom. The number of ether oxygens (including phenoxy) is 3. The third-order valence-electron chi connectivity index (χ3n) is 9.02. The maximum atomic E-state index is 12.6. The van der Waals surface area contributed by atoms with Gasteiger partial charge in [-0.2, -0.15) is 0 Å². The van der Waals surface area contributed by atoms with Gasteiger partial charge in [0.15, 0.2) is 6.10 Å². The normalized spacial score (nSPS) is 12.0. The summed E-state index contributed by atoms with van der Waals surface area (Å²) in [5.74, 6) is -0.882. The van der Waals surface area contributed by atoms with E-state index in [1.54, 1.807) is 0 Å². The lowest BCUT2D eigenvalue weighted by atomic mass is 10.1. The second kappa shape index (κ2) is 38.0. The zero-order valence-electron chi connectivity index (χ0n) is 32.0. The highest BCUT2D eigenvalue weighted by Gasteiger charge is 2.19. The van der Waals surface area contributed by atoms with Crippen LogP contribution in [0.2, 0.25) is 0 Å². The molecule has 1 atom stereocenters. The molecule has 0 aliphatic carbocycles. The predicted molar refractivity (Wildman–Crippen MR) is 201 cm³/mol. The van der Waals surface area contributed by atoms with Crippen LogP contribution in [0.3, 0.4) is 0 Å². The van der Waals surface area contributed by atoms with Gasteiger partial charge in [0.2, 0.25) is 0 Å². The van der Waals surface area contributed by atoms with Gasteiger partial charge in [-0.25, -0.2) is 0 Å². The van der Waals surface area contributed by atoms with E-state index in [1.165, 1.54) is 116 Å². The Kier molecular flexibility index (Phi) is 36.5. The number of hydrogen-bond acceptors (Lipinski definition) is 6. The van der Waals surface area contributed by atoms with Crippen molar-refractivity contribution in [2.45, 2.75) is 226 Å². The van der Waals surface area contributed by atoms with Gasteiger partial charge in [0, 0.05) is 19.3 Å². The molecule has 0 aliphatic rings. The Bertz CT molecular complexity index is 748. The van der Waals surface area contributed by atoms with Crippen molar-refractivity contribution in [2.75, 3.05) is 13.2 Å². The molecule has 0 radical (unpaired) electrons. The zero-order chi connectivity index (χ0) is 35.2. The molecule has 0 N–H and O–H groups in total. The molecule has 282 valence electrons. The van der Waals surface area contributed by atoms with Gasteiger partial charge in [0.1, 0.15) is 13.2 Å². The van der Waals surface area contributed by atoms with E-state index in [1.807, 2.05) is 0 Å². The van der Waals surface area contributed by atoms with Crippen LogP contribution >= 0.6 is 0 Å². The first-order valence-corrected chi connectivity index (χ1v) is 20.7. The quantitative estimate of drug-likeness (QED) is 0.0282. The summed E-state index contributed by atoms with van der Waals surface area (Å²) < 4.78 is 16.6. The fraction of sp³-hybridized carbons (Fsp3) is 0.881. The van der Waals surface area contributed by atoms with Crippen molar-refractivity contribution >= 4 is 17.9 Å². The van der Waals surface area contributed by atoms with Crippen molar-refractivity contribution in [3.63, 3.8) is 0 Å². The van der Waals surface area contributed by atoms with Gasteiger partial charge in [-0.05, 0) is 38.5 Å². The third-order valence-corrected chi connectivity index (χ3v) is 9.02. The predicted octanol–water partition coefficient (Wildman–Crippen LogP) is 12.7. The topological polar surface area (TPSA) is 78.9 Å². The lowest BCUT2D eigenvalue weighted by molar-refractivity contribution is -0.167. The average molecular weight is 679 g/mol. The number of esters is 3. The van der Waals surface area contributed by atoms with Gasteiger partial charge in [0.05, 0.1) is 0 Å². The number of rotatable bonds is 37. The smallest absolute Gasteiger partial charge is 0.306 e. The van der Waals surface area contributed by atoms with E-state index in [0.717, 1.165) is 64.2 Å². The summed E-state index contributed by atoms with van der Waals surface area (Å²) in [6.07, 6.45) is 37.6. The summed E-state index contributed by atoms with van der Waals surface area (Å²) in [5.41, 5.74) is 0. The van der Waals surface area contributed by atoms with Crippen LogP contribution in [0, 0.1) is 0 Å². The second-order valence-electron chi connectivity index (χ2n) is 13.9. The van der Waals surface area contributed by atoms with Gasteiger partial charge in [-0.1, -0.05) is 174 Å². The summed E-state index contributed by atoms with van der Waals surface area (Å²) in [6.45, 7) is 6.55. The number of unbranched alkanes of at least 4 members (excludes halogenated alkanes) is 24. The Hall–Kier alpha value is -1.85. The molecule has 0 rings (SSSR count). The molecule has 0 aliphatic heterocycles. The molecule has 0 bridgehead atoms. The molecule has 0 spiro atoms. The molecule has 48 heavy (non-hydrogen) atoms. The molecule has 0 aromatic rings. The SMILES string of the molecule is CCCC/C=C\CCCCCCCC(=O)OCC(COC(=O)CCCCCCCCCCC)OC(=O)CCCCCCCCCCCC. The fourth-order valence-electron chi connectivity index (χ4n) is 5.83. The van der Waals surface area contributed by atoms with Crippen LogP contribution in [0.25, 0.3) is 0 Å². The Labute approximate surface area is 297 Å². The van der Waals surface area contributed by atoms with Gasteiger partial charge >= 0.3 is 17.9 Å². The standard InChI is InChI=1S/C42H78O6/c1-4-7-10-13-16-19-21-24-26-29-32-35-41(44)47-38-39(37-46-40(43)34-31-28-25-22-18-15-12-9-6-3)48-42(45)36-33-30-27-23-20-17-14-11-8-5-2/h13,16,39H,4-12,14-15,17-38H2,1-3H3/b16-13-. The summed E-state index contributed by atoms with van der Waals surface area (Å²) in [4.78, 5) is 37.4. The zero-order valence-corrected chi connectivity index (χ0v) is 32.0. The van der Waals surface area contributed by atoms with Crippen molar-refractivity contribution in [1.29, 1.82) is 0 Å². The summed E-state index contributed by atoms with van der Waals surface area (Å²) in [7, 11) is 0. The molecule has 1 unspecified atom stereocenters. The molecule has 0 heterocycles. The van der Waals surface area contributed by atoms with Crippen LogP contribution in [0.5, 0.6) is 0 Å². The second-order valence-corrected chi connectivity index (χ2v) is 13.9. The van der Waals surface area contributed by atoms with Gasteiger partial charge in [-0.15, -0.1) is 0 Å². The average Bonchev–Trinajstić information content (AvgIpc) is 3.08. The van der Waals surface area contributed by atoms with Gasteiger partial charge in [-0.3, -0.25) is 14.4 Å². The molecule has 6 nitrogen and oxygen atoms in total. The van der Waals surface area contributed by atoms with Crippen molar-refractivity contribution in [3.05, 3.63) is 12.2 Å². The molecule has 0 aromatic carbocycles. The maximum Gasteiger partial charge on any atom is 0.306 e. The van der Waals surface area contributed by atoms with E-state index in [4.69, 9.17) is 14.2 Å². The number of allylic oxidation sites excluding steroid dienone is 2. The van der Waals surface area contributed by atoms with Crippen LogP contribution in [0.15, 0.2) is 12.2 Å². The highest BCUT2D eigenvalue weighted by atomic mass is 16.6. The van der Waals surface area contributed by atoms with E-state index in [-0.39, 0.29) is 31.1 Å². The molecular weight excluding hydrogens is 600 g/mol. The lowest BCUT2D eigenvalue weighted by Crippen LogP contribution is -2.30. The summed E-state index contributed by atoms with van der Waals surface area (Å²) in [5, 5.41) is 0. The molecular formula is C42H78O6. The Balaban J connectivity index is 4.36. The van der Waals surface area contributed by atoms with Gasteiger partial charge in [0.25, 0.3) is 0 Å². The first kappa shape index (κ1) is 46.1. The summed E-state index contributed by atoms with van der Waals surface area (Å²) in [6, 6.07) is 0. The molecule has 0 amide bonds. The first-order chi connectivity index (χ1) is 23.5. The van der Waals surface area contributed by atoms with Crippen molar-refractivity contribution < 1.29 is 28.6 Å². The molecule has 0 saturated heterocycles. The minimum absolute atomic E-state index is 0.0692. The number of carbonyl (C=O) groups excluding carboxylic acids is 3. The van der Waals surface area contributed by atoms with Crippen LogP contribution in [0.4, 0.5) is 0 Å². The lowest BCUT2D eigenvalue weighted by Gasteiger charge is -2.18. The molecule has 6 heteroatoms. The highest BCUT2D eigenvalue weighted by molar-refractivity contribution is 5.71. The van der Waals surface area contributed by atoms with Crippen LogP contribution in [-0.2, 0) is 28.6 Å². The van der Waals surface area contributed by atoms with E-state index < -0.39 is 6.10 Å². The Morgan fingerprint density at radius 2 is 0.708 bits per heavy atom. The van der Waals surface area contributed by atoms with E-state index >= 15 is 0 Å². The molecule has 0 fully saturated rings.